The molecule has 1 saturated carbocycles. The molecular weight excluding hydrogens is 600 g/mol. The highest BCUT2D eigenvalue weighted by Crippen LogP contribution is 2.42. The van der Waals surface area contributed by atoms with E-state index in [0.29, 0.717) is 48.0 Å². The van der Waals surface area contributed by atoms with Crippen LogP contribution in [-0.4, -0.2) is 59.6 Å². The molecule has 0 aromatic heterocycles. The molecule has 5 atom stereocenters. The number of ether oxygens (including phenoxy) is 3. The maximum atomic E-state index is 13.3. The third kappa shape index (κ3) is 8.16. The van der Waals surface area contributed by atoms with Gasteiger partial charge in [0.15, 0.2) is 0 Å². The van der Waals surface area contributed by atoms with Crippen LogP contribution in [0, 0.1) is 23.7 Å². The Morgan fingerprint density at radius 3 is 2.66 bits per heavy atom. The summed E-state index contributed by atoms with van der Waals surface area (Å²) in [6.45, 7) is 6.85. The number of benzene rings is 2. The third-order valence-electron chi connectivity index (χ3n) is 9.42. The van der Waals surface area contributed by atoms with Crippen molar-refractivity contribution in [2.24, 2.45) is 23.7 Å². The first kappa shape index (κ1) is 32.8. The lowest BCUT2D eigenvalue weighted by Gasteiger charge is -2.44. The Labute approximate surface area is 267 Å². The number of sulfonamides is 1. The number of carbonyl (C=O) groups is 1. The van der Waals surface area contributed by atoms with Gasteiger partial charge in [-0.2, -0.15) is 0 Å². The molecule has 5 rings (SSSR count). The second-order valence-corrected chi connectivity index (χ2v) is 14.8. The van der Waals surface area contributed by atoms with Gasteiger partial charge >= 0.3 is 0 Å². The summed E-state index contributed by atoms with van der Waals surface area (Å²) in [5.74, 6) is 0.374. The number of halogens is 1. The number of amides is 1. The first-order chi connectivity index (χ1) is 21.1. The van der Waals surface area contributed by atoms with E-state index in [1.807, 2.05) is 32.0 Å². The van der Waals surface area contributed by atoms with Gasteiger partial charge in [-0.3, -0.25) is 4.79 Å². The summed E-state index contributed by atoms with van der Waals surface area (Å²) in [5.41, 5.74) is 3.37. The van der Waals surface area contributed by atoms with Crippen molar-refractivity contribution >= 4 is 33.2 Å². The van der Waals surface area contributed by atoms with Gasteiger partial charge in [-0.05, 0) is 97.2 Å². The zero-order valence-corrected chi connectivity index (χ0v) is 27.5. The van der Waals surface area contributed by atoms with Gasteiger partial charge in [0, 0.05) is 30.8 Å². The minimum absolute atomic E-state index is 0.0188. The third-order valence-corrected chi connectivity index (χ3v) is 11.1. The molecule has 8 nitrogen and oxygen atoms in total. The zero-order valence-electron chi connectivity index (χ0n) is 26.0. The molecule has 2 aromatic carbocycles. The van der Waals surface area contributed by atoms with Crippen LogP contribution >= 0.6 is 11.6 Å². The largest absolute Gasteiger partial charge is 0.487 e. The van der Waals surface area contributed by atoms with E-state index in [1.165, 1.54) is 5.56 Å². The Bertz CT molecular complexity index is 1450. The summed E-state index contributed by atoms with van der Waals surface area (Å²) in [7, 11) is -2.20. The smallest absolute Gasteiger partial charge is 0.264 e. The van der Waals surface area contributed by atoms with Gasteiger partial charge < -0.3 is 19.1 Å². The number of nitrogens with zero attached hydrogens (tertiary/aromatic N) is 1. The predicted molar refractivity (Wildman–Crippen MR) is 174 cm³/mol. The second-order valence-electron chi connectivity index (χ2n) is 12.6. The molecule has 10 heteroatoms. The van der Waals surface area contributed by atoms with Crippen LogP contribution in [0.4, 0.5) is 5.69 Å². The van der Waals surface area contributed by atoms with Crippen LogP contribution < -0.4 is 14.4 Å². The van der Waals surface area contributed by atoms with Crippen LogP contribution in [0.5, 0.6) is 5.75 Å². The summed E-state index contributed by atoms with van der Waals surface area (Å²) in [6.07, 6.45) is 9.07. The number of anilines is 1. The van der Waals surface area contributed by atoms with Gasteiger partial charge in [0.1, 0.15) is 12.4 Å². The maximum absolute atomic E-state index is 13.3. The fourth-order valence-corrected chi connectivity index (χ4v) is 8.09. The minimum atomic E-state index is -3.87. The number of hydrogen-bond donors (Lipinski definition) is 1. The monoisotopic (exact) mass is 644 g/mol. The number of rotatable bonds is 4. The Morgan fingerprint density at radius 1 is 1.05 bits per heavy atom. The normalized spacial score (nSPS) is 28.2. The fourth-order valence-electron chi connectivity index (χ4n) is 6.42. The molecule has 0 saturated heterocycles. The minimum Gasteiger partial charge on any atom is -0.487 e. The predicted octanol–water partition coefficient (Wildman–Crippen LogP) is 6.02. The number of carbonyl (C=O) groups excluding carboxylic acids is 1. The molecule has 1 aliphatic carbocycles. The van der Waals surface area contributed by atoms with Gasteiger partial charge in [0.05, 0.1) is 30.8 Å². The first-order valence-electron chi connectivity index (χ1n) is 15.8. The van der Waals surface area contributed by atoms with E-state index in [2.05, 4.69) is 21.8 Å². The Morgan fingerprint density at radius 2 is 1.89 bits per heavy atom. The van der Waals surface area contributed by atoms with Gasteiger partial charge in [0.2, 0.25) is 10.0 Å². The van der Waals surface area contributed by atoms with Gasteiger partial charge in [-0.15, -0.1) is 0 Å². The average Bonchev–Trinajstić information content (AvgIpc) is 3.00. The van der Waals surface area contributed by atoms with E-state index >= 15 is 0 Å². The van der Waals surface area contributed by atoms with E-state index in [1.54, 1.807) is 25.3 Å². The molecule has 240 valence electrons. The van der Waals surface area contributed by atoms with Crippen molar-refractivity contribution in [3.8, 4) is 5.75 Å². The highest BCUT2D eigenvalue weighted by Gasteiger charge is 2.38. The lowest BCUT2D eigenvalue weighted by molar-refractivity contribution is -0.0309. The Kier molecular flexibility index (Phi) is 10.9. The van der Waals surface area contributed by atoms with Crippen LogP contribution in [-0.2, 0) is 32.5 Å². The van der Waals surface area contributed by atoms with Crippen molar-refractivity contribution in [2.45, 2.75) is 58.7 Å². The summed E-state index contributed by atoms with van der Waals surface area (Å²) >= 11 is 6.33. The summed E-state index contributed by atoms with van der Waals surface area (Å²) in [6, 6.07) is 11.2. The number of aryl methyl sites for hydroxylation is 1. The second kappa shape index (κ2) is 14.7. The van der Waals surface area contributed by atoms with E-state index in [9.17, 15) is 13.2 Å². The van der Waals surface area contributed by atoms with Crippen LogP contribution in [0.15, 0.2) is 48.6 Å². The van der Waals surface area contributed by atoms with Crippen molar-refractivity contribution < 1.29 is 27.4 Å². The fraction of sp³-hybridized carbons (Fsp3) is 0.559. The van der Waals surface area contributed by atoms with E-state index < -0.39 is 15.9 Å². The molecule has 1 amide bonds. The molecule has 0 spiro atoms. The SMILES string of the molecule is COCCO[C@@H]1/C=C/[C@H](C)[C@H](C)CS(=O)(=O)NC(=O)c2ccc3c(c2)N(CCCCc2cc(Cl)ccc2CO3)C[C@@H]2CC[C@H]21. The molecule has 44 heavy (non-hydrogen) atoms. The van der Waals surface area contributed by atoms with Gasteiger partial charge in [0.25, 0.3) is 5.91 Å². The average molecular weight is 645 g/mol. The number of fused-ring (bicyclic) bond motifs is 3. The van der Waals surface area contributed by atoms with Gasteiger partial charge in [-0.1, -0.05) is 43.7 Å². The number of nitrogens with one attached hydrogen (secondary N) is 1. The number of allylic oxidation sites excluding steroid dienone is 1. The van der Waals surface area contributed by atoms with E-state index in [0.717, 1.165) is 56.4 Å². The van der Waals surface area contributed by atoms with Gasteiger partial charge in [-0.25, -0.2) is 13.1 Å². The number of methoxy groups -OCH3 is 1. The lowest BCUT2D eigenvalue weighted by atomic mass is 9.70. The molecule has 2 aromatic rings. The van der Waals surface area contributed by atoms with Crippen molar-refractivity contribution in [2.75, 3.05) is 44.1 Å². The summed E-state index contributed by atoms with van der Waals surface area (Å²) < 4.78 is 46.5. The van der Waals surface area contributed by atoms with Crippen molar-refractivity contribution in [3.05, 3.63) is 70.3 Å². The molecule has 2 bridgehead atoms. The van der Waals surface area contributed by atoms with Crippen LogP contribution in [0.2, 0.25) is 5.02 Å². The molecule has 0 radical (unpaired) electrons. The van der Waals surface area contributed by atoms with E-state index in [4.69, 9.17) is 25.8 Å². The Hall–Kier alpha value is -2.59. The molecule has 1 N–H and O–H groups in total. The standard InChI is InChI=1S/C34H45ClN2O6S/c1-23-7-13-32(42-17-16-41-3)30-12-9-27(30)20-37-15-5-4-6-25-18-29(35)11-8-28(25)21-43-33-14-10-26(19-31(33)37)34(38)36-44(39,40)22-24(23)2/h7-8,10-11,13-14,18-19,23-24,27,30,32H,4-6,9,12,15-17,20-22H2,1-3H3,(H,36,38)/b13-7+/t23-,24+,27-,30+,32+/m0/s1. The molecule has 3 aliphatic rings. The molecular formula is C34H45ClN2O6S. The summed E-state index contributed by atoms with van der Waals surface area (Å²) in [4.78, 5) is 15.6. The van der Waals surface area contributed by atoms with Crippen LogP contribution in [0.25, 0.3) is 0 Å². The first-order valence-corrected chi connectivity index (χ1v) is 17.8. The highest BCUT2D eigenvalue weighted by atomic mass is 35.5. The van der Waals surface area contributed by atoms with Crippen molar-refractivity contribution in [3.63, 3.8) is 0 Å². The molecule has 2 heterocycles. The topological polar surface area (TPSA) is 94.2 Å². The Balaban J connectivity index is 1.52. The highest BCUT2D eigenvalue weighted by molar-refractivity contribution is 7.90. The van der Waals surface area contributed by atoms with Crippen LogP contribution in [0.3, 0.4) is 0 Å². The lowest BCUT2D eigenvalue weighted by Crippen LogP contribution is -2.44. The van der Waals surface area contributed by atoms with Crippen molar-refractivity contribution in [1.82, 2.24) is 4.72 Å². The quantitative estimate of drug-likeness (QED) is 0.321. The van der Waals surface area contributed by atoms with Crippen molar-refractivity contribution in [1.29, 1.82) is 0 Å². The molecule has 1 fully saturated rings. The molecule has 2 aliphatic heterocycles. The van der Waals surface area contributed by atoms with Crippen LogP contribution in [0.1, 0.15) is 61.0 Å². The maximum Gasteiger partial charge on any atom is 0.264 e. The number of hydrogen-bond acceptors (Lipinski definition) is 7. The zero-order chi connectivity index (χ0) is 31.3. The molecule has 0 unspecified atom stereocenters. The van der Waals surface area contributed by atoms with E-state index in [-0.39, 0.29) is 23.7 Å². The summed E-state index contributed by atoms with van der Waals surface area (Å²) in [5, 5.41) is 0.714.